The Morgan fingerprint density at radius 1 is 1.24 bits per heavy atom. The van der Waals surface area contributed by atoms with Crippen molar-refractivity contribution in [3.63, 3.8) is 0 Å². The first-order valence-corrected chi connectivity index (χ1v) is 6.16. The molecular formula is C14H20FNO. The summed E-state index contributed by atoms with van der Waals surface area (Å²) >= 11 is 0. The van der Waals surface area contributed by atoms with Gasteiger partial charge in [0, 0.05) is 13.1 Å². The van der Waals surface area contributed by atoms with Crippen LogP contribution in [0.15, 0.2) is 18.2 Å². The molecule has 0 saturated heterocycles. The van der Waals surface area contributed by atoms with Crippen molar-refractivity contribution in [1.82, 2.24) is 4.90 Å². The largest absolute Gasteiger partial charge is 0.339 e. The molecule has 0 spiro atoms. The molecular weight excluding hydrogens is 217 g/mol. The number of benzene rings is 1. The van der Waals surface area contributed by atoms with Crippen LogP contribution in [0.5, 0.6) is 0 Å². The molecule has 0 radical (unpaired) electrons. The first kappa shape index (κ1) is 13.7. The van der Waals surface area contributed by atoms with Crippen LogP contribution in [-0.4, -0.2) is 23.9 Å². The highest BCUT2D eigenvalue weighted by Gasteiger charge is 2.18. The maximum atomic E-state index is 13.8. The summed E-state index contributed by atoms with van der Waals surface area (Å²) in [6.07, 6.45) is 1.78. The van der Waals surface area contributed by atoms with Crippen LogP contribution < -0.4 is 0 Å². The van der Waals surface area contributed by atoms with Gasteiger partial charge in [0.05, 0.1) is 5.56 Å². The molecule has 0 aliphatic heterocycles. The van der Waals surface area contributed by atoms with E-state index >= 15 is 0 Å². The topological polar surface area (TPSA) is 20.3 Å². The number of nitrogens with zero attached hydrogens (tertiary/aromatic N) is 1. The molecule has 3 heteroatoms. The Bertz CT molecular complexity index is 384. The van der Waals surface area contributed by atoms with Crippen molar-refractivity contribution in [1.29, 1.82) is 0 Å². The minimum absolute atomic E-state index is 0.187. The number of halogens is 1. The summed E-state index contributed by atoms with van der Waals surface area (Å²) in [5, 5.41) is 0. The van der Waals surface area contributed by atoms with Crippen molar-refractivity contribution in [2.75, 3.05) is 13.1 Å². The monoisotopic (exact) mass is 237 g/mol. The van der Waals surface area contributed by atoms with Gasteiger partial charge in [0.2, 0.25) is 0 Å². The van der Waals surface area contributed by atoms with E-state index in [-0.39, 0.29) is 11.5 Å². The van der Waals surface area contributed by atoms with E-state index in [2.05, 4.69) is 0 Å². The Morgan fingerprint density at radius 3 is 2.35 bits per heavy atom. The average molecular weight is 237 g/mol. The fourth-order valence-corrected chi connectivity index (χ4v) is 1.84. The van der Waals surface area contributed by atoms with Crippen molar-refractivity contribution in [3.8, 4) is 0 Å². The third-order valence-electron chi connectivity index (χ3n) is 2.70. The molecule has 1 amide bonds. The van der Waals surface area contributed by atoms with Gasteiger partial charge in [-0.25, -0.2) is 4.39 Å². The van der Waals surface area contributed by atoms with Gasteiger partial charge >= 0.3 is 0 Å². The fraction of sp³-hybridized carbons (Fsp3) is 0.500. The van der Waals surface area contributed by atoms with Crippen molar-refractivity contribution >= 4 is 5.91 Å². The fourth-order valence-electron chi connectivity index (χ4n) is 1.84. The molecule has 0 saturated carbocycles. The summed E-state index contributed by atoms with van der Waals surface area (Å²) < 4.78 is 13.8. The van der Waals surface area contributed by atoms with E-state index in [9.17, 15) is 9.18 Å². The van der Waals surface area contributed by atoms with Gasteiger partial charge in [-0.05, 0) is 31.4 Å². The molecule has 0 unspecified atom stereocenters. The third-order valence-corrected chi connectivity index (χ3v) is 2.70. The second-order valence-electron chi connectivity index (χ2n) is 4.23. The molecule has 0 bridgehead atoms. The molecule has 1 aromatic rings. The van der Waals surface area contributed by atoms with E-state index < -0.39 is 5.82 Å². The van der Waals surface area contributed by atoms with Gasteiger partial charge in [-0.3, -0.25) is 4.79 Å². The van der Waals surface area contributed by atoms with Crippen molar-refractivity contribution in [3.05, 3.63) is 35.1 Å². The van der Waals surface area contributed by atoms with Crippen LogP contribution in [-0.2, 0) is 0 Å². The number of amides is 1. The van der Waals surface area contributed by atoms with Crippen LogP contribution in [0.25, 0.3) is 0 Å². The van der Waals surface area contributed by atoms with Crippen LogP contribution >= 0.6 is 0 Å². The second-order valence-corrected chi connectivity index (χ2v) is 4.23. The van der Waals surface area contributed by atoms with E-state index in [1.807, 2.05) is 13.8 Å². The first-order chi connectivity index (χ1) is 8.11. The molecule has 17 heavy (non-hydrogen) atoms. The molecule has 0 atom stereocenters. The normalized spacial score (nSPS) is 10.4. The summed E-state index contributed by atoms with van der Waals surface area (Å²) in [6.45, 7) is 7.07. The summed E-state index contributed by atoms with van der Waals surface area (Å²) in [6, 6.07) is 4.96. The van der Waals surface area contributed by atoms with E-state index in [0.717, 1.165) is 12.8 Å². The van der Waals surface area contributed by atoms with Crippen LogP contribution in [0.3, 0.4) is 0 Å². The maximum Gasteiger partial charge on any atom is 0.256 e. The number of aryl methyl sites for hydroxylation is 1. The number of carbonyl (C=O) groups is 1. The van der Waals surface area contributed by atoms with Crippen LogP contribution in [0.1, 0.15) is 42.6 Å². The Morgan fingerprint density at radius 2 is 1.82 bits per heavy atom. The maximum absolute atomic E-state index is 13.8. The first-order valence-electron chi connectivity index (χ1n) is 6.16. The highest BCUT2D eigenvalue weighted by molar-refractivity contribution is 5.94. The lowest BCUT2D eigenvalue weighted by Crippen LogP contribution is -2.33. The number of carbonyl (C=O) groups excluding carboxylic acids is 1. The molecule has 0 N–H and O–H groups in total. The van der Waals surface area contributed by atoms with Gasteiger partial charge in [-0.15, -0.1) is 0 Å². The zero-order valence-corrected chi connectivity index (χ0v) is 10.8. The lowest BCUT2D eigenvalue weighted by molar-refractivity contribution is 0.0750. The van der Waals surface area contributed by atoms with Gasteiger partial charge in [0.25, 0.3) is 5.91 Å². The number of hydrogen-bond acceptors (Lipinski definition) is 1. The van der Waals surface area contributed by atoms with Crippen LogP contribution in [0.4, 0.5) is 4.39 Å². The molecule has 94 valence electrons. The Kier molecular flexibility index (Phi) is 5.13. The van der Waals surface area contributed by atoms with E-state index in [1.54, 1.807) is 30.0 Å². The lowest BCUT2D eigenvalue weighted by atomic mass is 10.1. The molecule has 1 rings (SSSR count). The van der Waals surface area contributed by atoms with E-state index in [4.69, 9.17) is 0 Å². The van der Waals surface area contributed by atoms with Crippen molar-refractivity contribution in [2.24, 2.45) is 0 Å². The SMILES string of the molecule is CCCN(CCC)C(=O)c1cccc(C)c1F. The predicted octanol–water partition coefficient (Wildman–Crippen LogP) is 3.40. The van der Waals surface area contributed by atoms with Gasteiger partial charge < -0.3 is 4.90 Å². The van der Waals surface area contributed by atoms with Gasteiger partial charge in [-0.2, -0.15) is 0 Å². The average Bonchev–Trinajstić information content (AvgIpc) is 2.31. The third kappa shape index (κ3) is 3.29. The summed E-state index contributed by atoms with van der Waals surface area (Å²) in [5.74, 6) is -0.593. The lowest BCUT2D eigenvalue weighted by Gasteiger charge is -2.22. The summed E-state index contributed by atoms with van der Waals surface area (Å²) in [4.78, 5) is 13.9. The van der Waals surface area contributed by atoms with E-state index in [1.165, 1.54) is 0 Å². The Labute approximate surface area is 102 Å². The van der Waals surface area contributed by atoms with Crippen LogP contribution in [0.2, 0.25) is 0 Å². The predicted molar refractivity (Wildman–Crippen MR) is 67.6 cm³/mol. The Hall–Kier alpha value is -1.38. The number of rotatable bonds is 5. The Balaban J connectivity index is 2.96. The standard InChI is InChI=1S/C14H20FNO/c1-4-9-16(10-5-2)14(17)12-8-6-7-11(3)13(12)15/h6-8H,4-5,9-10H2,1-3H3. The number of hydrogen-bond donors (Lipinski definition) is 0. The minimum Gasteiger partial charge on any atom is -0.339 e. The molecule has 1 aromatic carbocycles. The summed E-state index contributed by atoms with van der Waals surface area (Å²) in [7, 11) is 0. The molecule has 0 aliphatic rings. The molecule has 0 heterocycles. The zero-order chi connectivity index (χ0) is 12.8. The smallest absolute Gasteiger partial charge is 0.256 e. The molecule has 0 aliphatic carbocycles. The zero-order valence-electron chi connectivity index (χ0n) is 10.8. The van der Waals surface area contributed by atoms with Gasteiger partial charge in [-0.1, -0.05) is 26.0 Å². The molecule has 2 nitrogen and oxygen atoms in total. The summed E-state index contributed by atoms with van der Waals surface area (Å²) in [5.41, 5.74) is 0.704. The van der Waals surface area contributed by atoms with Gasteiger partial charge in [0.15, 0.2) is 0 Å². The van der Waals surface area contributed by atoms with E-state index in [0.29, 0.717) is 18.7 Å². The molecule has 0 aromatic heterocycles. The minimum atomic E-state index is -0.394. The molecule has 0 fully saturated rings. The highest BCUT2D eigenvalue weighted by atomic mass is 19.1. The quantitative estimate of drug-likeness (QED) is 0.768. The highest BCUT2D eigenvalue weighted by Crippen LogP contribution is 2.14. The van der Waals surface area contributed by atoms with Crippen molar-refractivity contribution < 1.29 is 9.18 Å². The second kappa shape index (κ2) is 6.38. The van der Waals surface area contributed by atoms with Gasteiger partial charge in [0.1, 0.15) is 5.82 Å². The van der Waals surface area contributed by atoms with Crippen LogP contribution in [0, 0.1) is 12.7 Å². The van der Waals surface area contributed by atoms with Crippen molar-refractivity contribution in [2.45, 2.75) is 33.6 Å².